The fraction of sp³-hybridized carbons (Fsp3) is 0.231. The molecule has 0 nitrogen and oxygen atoms in total. The van der Waals surface area contributed by atoms with Crippen molar-refractivity contribution in [3.63, 3.8) is 0 Å². The fourth-order valence-corrected chi connectivity index (χ4v) is 1.08. The first-order valence-corrected chi connectivity index (χ1v) is 4.12. The van der Waals surface area contributed by atoms with Gasteiger partial charge in [0.2, 0.25) is 0 Å². The van der Waals surface area contributed by atoms with E-state index in [-0.39, 0.29) is 7.43 Å². The molecule has 0 aromatic carbocycles. The lowest BCUT2D eigenvalue weighted by molar-refractivity contribution is 0.943. The van der Waals surface area contributed by atoms with Crippen molar-refractivity contribution in [2.75, 3.05) is 0 Å². The van der Waals surface area contributed by atoms with Crippen LogP contribution < -0.4 is 0 Å². The predicted molar refractivity (Wildman–Crippen MR) is 61.6 cm³/mol. The minimum Gasteiger partial charge on any atom is -0.0990 e. The van der Waals surface area contributed by atoms with Crippen LogP contribution in [0.25, 0.3) is 0 Å². The van der Waals surface area contributed by atoms with Crippen molar-refractivity contribution >= 4 is 0 Å². The van der Waals surface area contributed by atoms with Crippen LogP contribution in [-0.4, -0.2) is 0 Å². The molecule has 1 aliphatic rings. The predicted octanol–water partition coefficient (Wildman–Crippen LogP) is 4.05. The Morgan fingerprint density at radius 2 is 1.92 bits per heavy atom. The molecule has 1 rings (SSSR count). The zero-order valence-electron chi connectivity index (χ0n) is 7.46. The Morgan fingerprint density at radius 1 is 1.31 bits per heavy atom. The van der Waals surface area contributed by atoms with Crippen molar-refractivity contribution < 1.29 is 0 Å². The molecule has 0 amide bonds. The van der Waals surface area contributed by atoms with Crippen molar-refractivity contribution in [2.45, 2.75) is 14.4 Å². The molecule has 0 aromatic rings. The lowest BCUT2D eigenvalue weighted by Gasteiger charge is -1.96. The van der Waals surface area contributed by atoms with Gasteiger partial charge in [0.25, 0.3) is 0 Å². The quantitative estimate of drug-likeness (QED) is 0.562. The second-order valence-electron chi connectivity index (χ2n) is 2.96. The second kappa shape index (κ2) is 5.36. The minimum atomic E-state index is 0. The van der Waals surface area contributed by atoms with E-state index < -0.39 is 0 Å². The Labute approximate surface area is 81.7 Å². The minimum absolute atomic E-state index is 0. The lowest BCUT2D eigenvalue weighted by atomic mass is 10.1. The van der Waals surface area contributed by atoms with Gasteiger partial charge in [-0.05, 0) is 17.1 Å². The van der Waals surface area contributed by atoms with E-state index in [1.165, 1.54) is 0 Å². The molecular weight excluding hydrogens is 156 g/mol. The standard InChI is InChI=1S/C12H14.CH4/c1-4-5-12-9-7-10(2)6-8-11(12)3;/h4-10H,1,3H2,2H3;1H4/b12-5-;. The Bertz CT molecular complexity index is 274. The first kappa shape index (κ1) is 11.7. The highest BCUT2D eigenvalue weighted by Gasteiger charge is 2.00. The molecule has 0 aliphatic heterocycles. The van der Waals surface area contributed by atoms with Gasteiger partial charge in [-0.1, -0.05) is 64.0 Å². The molecule has 13 heavy (non-hydrogen) atoms. The van der Waals surface area contributed by atoms with E-state index in [1.54, 1.807) is 6.08 Å². The highest BCUT2D eigenvalue weighted by molar-refractivity contribution is 5.48. The molecule has 0 saturated carbocycles. The van der Waals surface area contributed by atoms with E-state index in [9.17, 15) is 0 Å². The van der Waals surface area contributed by atoms with Crippen molar-refractivity contribution in [3.05, 3.63) is 60.8 Å². The van der Waals surface area contributed by atoms with Gasteiger partial charge in [-0.3, -0.25) is 0 Å². The first-order chi connectivity index (χ1) is 5.74. The molecule has 0 fully saturated rings. The van der Waals surface area contributed by atoms with E-state index in [0.717, 1.165) is 11.1 Å². The van der Waals surface area contributed by atoms with Crippen molar-refractivity contribution in [3.8, 4) is 0 Å². The van der Waals surface area contributed by atoms with Crippen LogP contribution in [0.2, 0.25) is 0 Å². The zero-order chi connectivity index (χ0) is 8.97. The maximum Gasteiger partial charge on any atom is -0.00752 e. The molecular formula is C13H18. The van der Waals surface area contributed by atoms with Crippen molar-refractivity contribution in [1.29, 1.82) is 0 Å². The third kappa shape index (κ3) is 3.29. The maximum atomic E-state index is 3.95. The van der Waals surface area contributed by atoms with Gasteiger partial charge >= 0.3 is 0 Å². The average molecular weight is 174 g/mol. The summed E-state index contributed by atoms with van der Waals surface area (Å²) >= 11 is 0. The Morgan fingerprint density at radius 3 is 2.54 bits per heavy atom. The van der Waals surface area contributed by atoms with Crippen LogP contribution >= 0.6 is 0 Å². The van der Waals surface area contributed by atoms with Gasteiger partial charge in [0.15, 0.2) is 0 Å². The summed E-state index contributed by atoms with van der Waals surface area (Å²) < 4.78 is 0. The van der Waals surface area contributed by atoms with E-state index in [0.29, 0.717) is 5.92 Å². The lowest BCUT2D eigenvalue weighted by Crippen LogP contribution is -1.77. The smallest absolute Gasteiger partial charge is 0.00752 e. The topological polar surface area (TPSA) is 0 Å². The van der Waals surface area contributed by atoms with Gasteiger partial charge in [-0.15, -0.1) is 0 Å². The number of allylic oxidation sites excluding steroid dienone is 8. The number of hydrogen-bond donors (Lipinski definition) is 0. The van der Waals surface area contributed by atoms with Crippen molar-refractivity contribution in [1.82, 2.24) is 0 Å². The van der Waals surface area contributed by atoms with E-state index in [1.807, 2.05) is 6.08 Å². The highest BCUT2D eigenvalue weighted by atomic mass is 14.1. The molecule has 0 N–H and O–H groups in total. The van der Waals surface area contributed by atoms with Crippen LogP contribution in [0, 0.1) is 5.92 Å². The van der Waals surface area contributed by atoms with Crippen LogP contribution in [0.1, 0.15) is 14.4 Å². The van der Waals surface area contributed by atoms with E-state index >= 15 is 0 Å². The van der Waals surface area contributed by atoms with Crippen LogP contribution in [0.4, 0.5) is 0 Å². The van der Waals surface area contributed by atoms with Gasteiger partial charge < -0.3 is 0 Å². The summed E-state index contributed by atoms with van der Waals surface area (Å²) in [5, 5.41) is 0. The first-order valence-electron chi connectivity index (χ1n) is 4.12. The third-order valence-electron chi connectivity index (χ3n) is 1.85. The van der Waals surface area contributed by atoms with Crippen LogP contribution in [-0.2, 0) is 0 Å². The zero-order valence-corrected chi connectivity index (χ0v) is 7.46. The fourth-order valence-electron chi connectivity index (χ4n) is 1.08. The molecule has 1 atom stereocenters. The second-order valence-corrected chi connectivity index (χ2v) is 2.96. The molecule has 0 radical (unpaired) electrons. The van der Waals surface area contributed by atoms with Gasteiger partial charge in [-0.2, -0.15) is 0 Å². The molecule has 0 aromatic heterocycles. The molecule has 0 heterocycles. The molecule has 1 aliphatic carbocycles. The maximum absolute atomic E-state index is 3.95. The summed E-state index contributed by atoms with van der Waals surface area (Å²) in [7, 11) is 0. The molecule has 0 heteroatoms. The molecule has 70 valence electrons. The monoisotopic (exact) mass is 174 g/mol. The van der Waals surface area contributed by atoms with Gasteiger partial charge in [-0.25, -0.2) is 0 Å². The summed E-state index contributed by atoms with van der Waals surface area (Å²) in [6.07, 6.45) is 12.2. The summed E-state index contributed by atoms with van der Waals surface area (Å²) in [5.74, 6) is 0.498. The highest BCUT2D eigenvalue weighted by Crippen LogP contribution is 2.17. The molecule has 1 unspecified atom stereocenters. The van der Waals surface area contributed by atoms with Crippen LogP contribution in [0.15, 0.2) is 60.8 Å². The summed E-state index contributed by atoms with van der Waals surface area (Å²) in [5.41, 5.74) is 2.20. The Balaban J connectivity index is 0.00000144. The summed E-state index contributed by atoms with van der Waals surface area (Å²) in [6, 6.07) is 0. The molecule has 0 bridgehead atoms. The normalized spacial score (nSPS) is 23.9. The molecule has 0 spiro atoms. The van der Waals surface area contributed by atoms with Gasteiger partial charge in [0.1, 0.15) is 0 Å². The van der Waals surface area contributed by atoms with E-state index in [2.05, 4.69) is 44.4 Å². The number of hydrogen-bond acceptors (Lipinski definition) is 0. The third-order valence-corrected chi connectivity index (χ3v) is 1.85. The average Bonchev–Trinajstić information content (AvgIpc) is 2.20. The van der Waals surface area contributed by atoms with Crippen molar-refractivity contribution in [2.24, 2.45) is 5.92 Å². The largest absolute Gasteiger partial charge is 0.0990 e. The van der Waals surface area contributed by atoms with Gasteiger partial charge in [0, 0.05) is 0 Å². The van der Waals surface area contributed by atoms with Crippen LogP contribution in [0.3, 0.4) is 0 Å². The molecule has 0 saturated heterocycles. The SMILES string of the molecule is C.C=C/C=C1/C=CC(C)C=CC1=C. The Kier molecular flexibility index (Phi) is 4.83. The summed E-state index contributed by atoms with van der Waals surface area (Å²) in [6.45, 7) is 9.77. The summed E-state index contributed by atoms with van der Waals surface area (Å²) in [4.78, 5) is 0. The van der Waals surface area contributed by atoms with Gasteiger partial charge in [0.05, 0.1) is 0 Å². The van der Waals surface area contributed by atoms with E-state index in [4.69, 9.17) is 0 Å². The number of rotatable bonds is 1. The van der Waals surface area contributed by atoms with Crippen LogP contribution in [0.5, 0.6) is 0 Å². The Hall–Kier alpha value is -1.30.